The third kappa shape index (κ3) is 3.01. The SMILES string of the molecule is CCCCCOc1ccc2cc(C#N)ccc2c1. The predicted octanol–water partition coefficient (Wildman–Crippen LogP) is 4.28. The van der Waals surface area contributed by atoms with Crippen LogP contribution in [0.4, 0.5) is 0 Å². The zero-order chi connectivity index (χ0) is 12.8. The van der Waals surface area contributed by atoms with Gasteiger partial charge in [-0.2, -0.15) is 5.26 Å². The van der Waals surface area contributed by atoms with Gasteiger partial charge in [0.25, 0.3) is 0 Å². The van der Waals surface area contributed by atoms with E-state index in [0.717, 1.165) is 29.5 Å². The number of ether oxygens (including phenoxy) is 1. The highest BCUT2D eigenvalue weighted by atomic mass is 16.5. The van der Waals surface area contributed by atoms with Crippen molar-refractivity contribution < 1.29 is 4.74 Å². The molecular weight excluding hydrogens is 222 g/mol. The number of benzene rings is 2. The highest BCUT2D eigenvalue weighted by molar-refractivity contribution is 5.85. The molecule has 0 radical (unpaired) electrons. The first-order valence-electron chi connectivity index (χ1n) is 6.40. The summed E-state index contributed by atoms with van der Waals surface area (Å²) in [6.07, 6.45) is 3.51. The standard InChI is InChI=1S/C16H17NO/c1-2-3-4-9-18-16-8-7-14-10-13(12-17)5-6-15(14)11-16/h5-8,10-11H,2-4,9H2,1H3. The monoisotopic (exact) mass is 239 g/mol. The average molecular weight is 239 g/mol. The van der Waals surface area contributed by atoms with Gasteiger partial charge < -0.3 is 4.74 Å². The fourth-order valence-corrected chi connectivity index (χ4v) is 1.93. The Kier molecular flexibility index (Phi) is 4.20. The summed E-state index contributed by atoms with van der Waals surface area (Å²) in [5.41, 5.74) is 0.694. The number of unbranched alkanes of at least 4 members (excludes halogenated alkanes) is 2. The van der Waals surface area contributed by atoms with E-state index in [1.807, 2.05) is 36.4 Å². The summed E-state index contributed by atoms with van der Waals surface area (Å²) in [6, 6.07) is 13.9. The van der Waals surface area contributed by atoms with E-state index in [1.54, 1.807) is 0 Å². The first-order valence-corrected chi connectivity index (χ1v) is 6.40. The van der Waals surface area contributed by atoms with Crippen LogP contribution in [0.2, 0.25) is 0 Å². The van der Waals surface area contributed by atoms with Gasteiger partial charge in [-0.05, 0) is 41.5 Å². The van der Waals surface area contributed by atoms with Gasteiger partial charge in [-0.15, -0.1) is 0 Å². The number of nitrogens with zero attached hydrogens (tertiary/aromatic N) is 1. The van der Waals surface area contributed by atoms with Crippen molar-refractivity contribution in [2.75, 3.05) is 6.61 Å². The Morgan fingerprint density at radius 3 is 2.61 bits per heavy atom. The van der Waals surface area contributed by atoms with Crippen molar-refractivity contribution in [3.63, 3.8) is 0 Å². The lowest BCUT2D eigenvalue weighted by molar-refractivity contribution is 0.306. The molecule has 0 aromatic heterocycles. The lowest BCUT2D eigenvalue weighted by Gasteiger charge is -2.07. The Morgan fingerprint density at radius 1 is 1.06 bits per heavy atom. The molecule has 2 heteroatoms. The number of hydrogen-bond acceptors (Lipinski definition) is 2. The molecule has 0 aliphatic rings. The molecule has 0 spiro atoms. The molecule has 0 atom stereocenters. The largest absolute Gasteiger partial charge is 0.494 e. The minimum Gasteiger partial charge on any atom is -0.494 e. The maximum absolute atomic E-state index is 8.84. The molecule has 2 aromatic rings. The van der Waals surface area contributed by atoms with Gasteiger partial charge in [-0.3, -0.25) is 0 Å². The smallest absolute Gasteiger partial charge is 0.119 e. The molecule has 0 bridgehead atoms. The summed E-state index contributed by atoms with van der Waals surface area (Å²) < 4.78 is 5.71. The third-order valence-electron chi connectivity index (χ3n) is 2.96. The quantitative estimate of drug-likeness (QED) is 0.729. The summed E-state index contributed by atoms with van der Waals surface area (Å²) in [6.45, 7) is 2.96. The van der Waals surface area contributed by atoms with Crippen LogP contribution in [-0.4, -0.2) is 6.61 Å². The Hall–Kier alpha value is -2.01. The van der Waals surface area contributed by atoms with Crippen molar-refractivity contribution in [1.29, 1.82) is 5.26 Å². The Labute approximate surface area is 108 Å². The van der Waals surface area contributed by atoms with E-state index in [9.17, 15) is 0 Å². The fraction of sp³-hybridized carbons (Fsp3) is 0.312. The van der Waals surface area contributed by atoms with Crippen LogP contribution in [0.15, 0.2) is 36.4 Å². The average Bonchev–Trinajstić information content (AvgIpc) is 2.43. The van der Waals surface area contributed by atoms with E-state index < -0.39 is 0 Å². The Morgan fingerprint density at radius 2 is 1.83 bits per heavy atom. The molecule has 0 saturated carbocycles. The van der Waals surface area contributed by atoms with Crippen molar-refractivity contribution in [2.45, 2.75) is 26.2 Å². The van der Waals surface area contributed by atoms with Crippen molar-refractivity contribution in [1.82, 2.24) is 0 Å². The van der Waals surface area contributed by atoms with Crippen LogP contribution >= 0.6 is 0 Å². The van der Waals surface area contributed by atoms with Crippen molar-refractivity contribution in [3.8, 4) is 11.8 Å². The molecule has 18 heavy (non-hydrogen) atoms. The van der Waals surface area contributed by atoms with Crippen molar-refractivity contribution >= 4 is 10.8 Å². The van der Waals surface area contributed by atoms with E-state index in [0.29, 0.717) is 5.56 Å². The fourth-order valence-electron chi connectivity index (χ4n) is 1.93. The molecule has 2 nitrogen and oxygen atoms in total. The molecular formula is C16H17NO. The summed E-state index contributed by atoms with van der Waals surface area (Å²) in [5, 5.41) is 11.0. The number of hydrogen-bond donors (Lipinski definition) is 0. The van der Waals surface area contributed by atoms with Crippen LogP contribution in [0.5, 0.6) is 5.75 Å². The van der Waals surface area contributed by atoms with Gasteiger partial charge in [-0.1, -0.05) is 31.9 Å². The molecule has 0 fully saturated rings. The second-order valence-corrected chi connectivity index (χ2v) is 4.39. The van der Waals surface area contributed by atoms with Crippen LogP contribution in [0.25, 0.3) is 10.8 Å². The molecule has 0 N–H and O–H groups in total. The van der Waals surface area contributed by atoms with Gasteiger partial charge in [0.2, 0.25) is 0 Å². The molecule has 92 valence electrons. The molecule has 0 amide bonds. The maximum atomic E-state index is 8.84. The molecule has 0 aliphatic heterocycles. The van der Waals surface area contributed by atoms with Gasteiger partial charge in [0.15, 0.2) is 0 Å². The first kappa shape index (κ1) is 12.4. The van der Waals surface area contributed by atoms with E-state index in [4.69, 9.17) is 10.00 Å². The molecule has 2 rings (SSSR count). The van der Waals surface area contributed by atoms with Gasteiger partial charge in [0.1, 0.15) is 5.75 Å². The number of rotatable bonds is 5. The van der Waals surface area contributed by atoms with Crippen LogP contribution < -0.4 is 4.74 Å². The highest BCUT2D eigenvalue weighted by Crippen LogP contribution is 2.22. The van der Waals surface area contributed by atoms with Gasteiger partial charge >= 0.3 is 0 Å². The van der Waals surface area contributed by atoms with E-state index in [-0.39, 0.29) is 0 Å². The van der Waals surface area contributed by atoms with Crippen LogP contribution in [0.3, 0.4) is 0 Å². The predicted molar refractivity (Wildman–Crippen MR) is 73.7 cm³/mol. The number of nitriles is 1. The lowest BCUT2D eigenvalue weighted by atomic mass is 10.1. The van der Waals surface area contributed by atoms with Crippen LogP contribution in [0, 0.1) is 11.3 Å². The minimum absolute atomic E-state index is 0.694. The topological polar surface area (TPSA) is 33.0 Å². The van der Waals surface area contributed by atoms with Crippen molar-refractivity contribution in [3.05, 3.63) is 42.0 Å². The first-order chi connectivity index (χ1) is 8.83. The highest BCUT2D eigenvalue weighted by Gasteiger charge is 1.99. The lowest BCUT2D eigenvalue weighted by Crippen LogP contribution is -1.96. The minimum atomic E-state index is 0.694. The molecule has 0 aliphatic carbocycles. The summed E-state index contributed by atoms with van der Waals surface area (Å²) in [4.78, 5) is 0. The van der Waals surface area contributed by atoms with Gasteiger partial charge in [0.05, 0.1) is 18.2 Å². The van der Waals surface area contributed by atoms with Gasteiger partial charge in [0, 0.05) is 0 Å². The van der Waals surface area contributed by atoms with Crippen LogP contribution in [-0.2, 0) is 0 Å². The third-order valence-corrected chi connectivity index (χ3v) is 2.96. The number of fused-ring (bicyclic) bond motifs is 1. The summed E-state index contributed by atoms with van der Waals surface area (Å²) in [7, 11) is 0. The molecule has 2 aromatic carbocycles. The van der Waals surface area contributed by atoms with E-state index in [2.05, 4.69) is 13.0 Å². The zero-order valence-electron chi connectivity index (χ0n) is 10.6. The van der Waals surface area contributed by atoms with Crippen molar-refractivity contribution in [2.24, 2.45) is 0 Å². The molecule has 0 heterocycles. The second-order valence-electron chi connectivity index (χ2n) is 4.39. The Bertz CT molecular complexity index is 569. The zero-order valence-corrected chi connectivity index (χ0v) is 10.6. The summed E-state index contributed by atoms with van der Waals surface area (Å²) in [5.74, 6) is 0.906. The van der Waals surface area contributed by atoms with E-state index >= 15 is 0 Å². The van der Waals surface area contributed by atoms with E-state index in [1.165, 1.54) is 12.8 Å². The van der Waals surface area contributed by atoms with Crippen LogP contribution in [0.1, 0.15) is 31.7 Å². The normalized spacial score (nSPS) is 10.2. The molecule has 0 saturated heterocycles. The maximum Gasteiger partial charge on any atom is 0.119 e. The van der Waals surface area contributed by atoms with Gasteiger partial charge in [-0.25, -0.2) is 0 Å². The Balaban J connectivity index is 2.11. The second kappa shape index (κ2) is 6.07. The summed E-state index contributed by atoms with van der Waals surface area (Å²) >= 11 is 0. The molecule has 0 unspecified atom stereocenters.